The van der Waals surface area contributed by atoms with Crippen molar-refractivity contribution < 1.29 is 24.6 Å². The summed E-state index contributed by atoms with van der Waals surface area (Å²) in [5.41, 5.74) is 0. The maximum absolute atomic E-state index is 12.0. The number of rotatable bonds is 13. The first kappa shape index (κ1) is 24.3. The van der Waals surface area contributed by atoms with Crippen LogP contribution in [0.1, 0.15) is 53.4 Å². The molecule has 0 heterocycles. The zero-order chi connectivity index (χ0) is 19.1. The number of hydrogen-bond donors (Lipinski definition) is 0. The summed E-state index contributed by atoms with van der Waals surface area (Å²) in [6.45, 7) is 7.95. The summed E-state index contributed by atoms with van der Waals surface area (Å²) in [6, 6.07) is 2.48. The van der Waals surface area contributed by atoms with E-state index in [1.54, 1.807) is 0 Å². The zero-order valence-electron chi connectivity index (χ0n) is 15.9. The highest BCUT2D eigenvalue weighted by Crippen LogP contribution is 2.40. The smallest absolute Gasteiger partial charge is 0.254 e. The Morgan fingerprint density at radius 1 is 0.583 bits per heavy atom. The topological polar surface area (TPSA) is 86.7 Å². The van der Waals surface area contributed by atoms with Gasteiger partial charge in [-0.1, -0.05) is 53.4 Å². The minimum absolute atomic E-state index is 0.621. The van der Waals surface area contributed by atoms with Gasteiger partial charge in [-0.05, 0) is 24.2 Å². The minimum Gasteiger partial charge on any atom is -0.315 e. The van der Waals surface area contributed by atoms with Crippen molar-refractivity contribution in [2.75, 3.05) is 12.5 Å². The Labute approximate surface area is 150 Å². The predicted octanol–water partition coefficient (Wildman–Crippen LogP) is 3.55. The van der Waals surface area contributed by atoms with Crippen molar-refractivity contribution in [3.05, 3.63) is 0 Å². The summed E-state index contributed by atoms with van der Waals surface area (Å²) >= 11 is 0. The minimum atomic E-state index is -3.68. The second-order valence-corrected chi connectivity index (χ2v) is 22.2. The summed E-state index contributed by atoms with van der Waals surface area (Å²) < 4.78 is 59.8. The van der Waals surface area contributed by atoms with Gasteiger partial charge in [0.15, 0.2) is 0 Å². The SMILES string of the molecule is CCC[Si](CCC)(OS(C)(=O)=O)[Si](CCC)(CCC)OS(C)(=O)=O. The summed E-state index contributed by atoms with van der Waals surface area (Å²) in [7, 11) is -13.2. The predicted molar refractivity (Wildman–Crippen MR) is 104 cm³/mol. The summed E-state index contributed by atoms with van der Waals surface area (Å²) in [5.74, 6) is 0. The van der Waals surface area contributed by atoms with Crippen molar-refractivity contribution in [1.82, 2.24) is 0 Å². The molecule has 0 spiro atoms. The molecule has 146 valence electrons. The summed E-state index contributed by atoms with van der Waals surface area (Å²) in [6.07, 6.45) is 5.18. The van der Waals surface area contributed by atoms with Gasteiger partial charge in [0.2, 0.25) is 15.7 Å². The van der Waals surface area contributed by atoms with E-state index in [1.807, 2.05) is 27.7 Å². The maximum atomic E-state index is 12.0. The van der Waals surface area contributed by atoms with E-state index in [0.717, 1.165) is 38.2 Å². The van der Waals surface area contributed by atoms with Crippen LogP contribution in [0.25, 0.3) is 0 Å². The van der Waals surface area contributed by atoms with E-state index < -0.39 is 35.9 Å². The van der Waals surface area contributed by atoms with Crippen LogP contribution >= 0.6 is 0 Å². The summed E-state index contributed by atoms with van der Waals surface area (Å²) in [4.78, 5) is 0. The Morgan fingerprint density at radius 3 is 0.917 bits per heavy atom. The third kappa shape index (κ3) is 7.24. The first-order valence-corrected chi connectivity index (χ1v) is 18.0. The van der Waals surface area contributed by atoms with Gasteiger partial charge in [0.1, 0.15) is 0 Å². The number of hydrogen-bond acceptors (Lipinski definition) is 6. The highest BCUT2D eigenvalue weighted by molar-refractivity contribution is 7.89. The van der Waals surface area contributed by atoms with Gasteiger partial charge in [0.25, 0.3) is 20.2 Å². The average Bonchev–Trinajstić information content (AvgIpc) is 2.35. The van der Waals surface area contributed by atoms with Crippen LogP contribution in [0.5, 0.6) is 0 Å². The van der Waals surface area contributed by atoms with Gasteiger partial charge in [0.05, 0.1) is 12.5 Å². The second kappa shape index (κ2) is 9.81. The molecule has 0 radical (unpaired) electrons. The van der Waals surface area contributed by atoms with Gasteiger partial charge in [-0.2, -0.15) is 0 Å². The zero-order valence-corrected chi connectivity index (χ0v) is 19.6. The molecule has 0 atom stereocenters. The normalized spacial score (nSPS) is 14.1. The lowest BCUT2D eigenvalue weighted by atomic mass is 10.6. The van der Waals surface area contributed by atoms with Crippen LogP contribution in [0.2, 0.25) is 24.2 Å². The van der Waals surface area contributed by atoms with Crippen LogP contribution in [0.4, 0.5) is 0 Å². The van der Waals surface area contributed by atoms with Gasteiger partial charge >= 0.3 is 0 Å². The molecule has 24 heavy (non-hydrogen) atoms. The quantitative estimate of drug-likeness (QED) is 0.425. The Balaban J connectivity index is 6.47. The van der Waals surface area contributed by atoms with Gasteiger partial charge in [-0.3, -0.25) is 0 Å². The van der Waals surface area contributed by atoms with Gasteiger partial charge in [0, 0.05) is 0 Å². The van der Waals surface area contributed by atoms with Crippen molar-refractivity contribution in [3.8, 4) is 0 Å². The molecule has 0 unspecified atom stereocenters. The fraction of sp³-hybridized carbons (Fsp3) is 1.00. The third-order valence-electron chi connectivity index (χ3n) is 4.07. The molecule has 0 aromatic heterocycles. The van der Waals surface area contributed by atoms with Crippen LogP contribution in [-0.2, 0) is 28.0 Å². The van der Waals surface area contributed by atoms with Crippen molar-refractivity contribution in [2.24, 2.45) is 0 Å². The Hall–Kier alpha value is 0.254. The highest BCUT2D eigenvalue weighted by Gasteiger charge is 2.60. The molecule has 10 heteroatoms. The molecule has 6 nitrogen and oxygen atoms in total. The van der Waals surface area contributed by atoms with E-state index in [1.165, 1.54) is 0 Å². The fourth-order valence-corrected chi connectivity index (χ4v) is 30.3. The van der Waals surface area contributed by atoms with E-state index in [9.17, 15) is 16.8 Å². The highest BCUT2D eigenvalue weighted by atomic mass is 32.2. The molecule has 0 aromatic rings. The Morgan fingerprint density at radius 2 is 0.792 bits per heavy atom. The lowest BCUT2D eigenvalue weighted by molar-refractivity contribution is 0.458. The molecule has 0 bridgehead atoms. The Bertz CT molecular complexity index is 510. The van der Waals surface area contributed by atoms with Crippen LogP contribution < -0.4 is 0 Å². The van der Waals surface area contributed by atoms with E-state index >= 15 is 0 Å². The molecule has 0 N–H and O–H groups in total. The first-order valence-electron chi connectivity index (χ1n) is 8.72. The molecule has 0 aliphatic heterocycles. The monoisotopic (exact) mass is 418 g/mol. The molecular formula is C14H34O6S2Si2. The molecule has 0 aliphatic rings. The second-order valence-electron chi connectivity index (χ2n) is 6.56. The lowest BCUT2D eigenvalue weighted by Gasteiger charge is -2.44. The largest absolute Gasteiger partial charge is 0.315 e. The van der Waals surface area contributed by atoms with Gasteiger partial charge < -0.3 is 7.74 Å². The van der Waals surface area contributed by atoms with Gasteiger partial charge in [-0.25, -0.2) is 16.8 Å². The average molecular weight is 419 g/mol. The van der Waals surface area contributed by atoms with E-state index in [-0.39, 0.29) is 0 Å². The van der Waals surface area contributed by atoms with E-state index in [4.69, 9.17) is 7.74 Å². The van der Waals surface area contributed by atoms with Crippen molar-refractivity contribution in [3.63, 3.8) is 0 Å². The van der Waals surface area contributed by atoms with Gasteiger partial charge in [-0.15, -0.1) is 0 Å². The fourth-order valence-electron chi connectivity index (χ4n) is 3.67. The summed E-state index contributed by atoms with van der Waals surface area (Å²) in [5, 5.41) is 0. The van der Waals surface area contributed by atoms with E-state index in [0.29, 0.717) is 24.2 Å². The van der Waals surface area contributed by atoms with Crippen LogP contribution in [0, 0.1) is 0 Å². The molecule has 0 saturated carbocycles. The maximum Gasteiger partial charge on any atom is 0.254 e. The van der Waals surface area contributed by atoms with Crippen LogP contribution in [0.15, 0.2) is 0 Å². The van der Waals surface area contributed by atoms with Crippen molar-refractivity contribution in [2.45, 2.75) is 77.6 Å². The first-order chi connectivity index (χ1) is 10.9. The van der Waals surface area contributed by atoms with E-state index in [2.05, 4.69) is 0 Å². The van der Waals surface area contributed by atoms with Crippen LogP contribution in [0.3, 0.4) is 0 Å². The molecular weight excluding hydrogens is 384 g/mol. The molecule has 0 fully saturated rings. The van der Waals surface area contributed by atoms with Crippen molar-refractivity contribution in [1.29, 1.82) is 0 Å². The van der Waals surface area contributed by atoms with Crippen molar-refractivity contribution >= 4 is 35.9 Å². The molecule has 0 rings (SSSR count). The molecule has 0 aromatic carbocycles. The van der Waals surface area contributed by atoms with Crippen LogP contribution in [-0.4, -0.2) is 45.0 Å². The lowest BCUT2D eigenvalue weighted by Crippen LogP contribution is -2.67. The standard InChI is InChI=1S/C14H34O6S2Si2/c1-7-11-23(12-8-2,19-21(5,15)16)24(13-9-3,14-10-4)20-22(6,17)18/h7-14H2,1-6H3. The molecule has 0 aliphatic carbocycles. The molecule has 0 amide bonds. The molecule has 0 saturated heterocycles. The Kier molecular flexibility index (Phi) is 9.92. The third-order valence-corrected chi connectivity index (χ3v) is 25.4.